The Kier molecular flexibility index (Phi) is 9.02. The lowest BCUT2D eigenvalue weighted by atomic mass is 10.1. The third kappa shape index (κ3) is 7.49. The van der Waals surface area contributed by atoms with Crippen molar-refractivity contribution >= 4 is 11.9 Å². The fourth-order valence-electron chi connectivity index (χ4n) is 2.80. The molecule has 1 amide bonds. The van der Waals surface area contributed by atoms with Crippen molar-refractivity contribution in [2.24, 2.45) is 4.99 Å². The highest BCUT2D eigenvalue weighted by Gasteiger charge is 2.09. The van der Waals surface area contributed by atoms with E-state index >= 15 is 0 Å². The number of nitrogens with one attached hydrogen (secondary N) is 1. The van der Waals surface area contributed by atoms with Crippen LogP contribution in [0.4, 0.5) is 0 Å². The zero-order valence-corrected chi connectivity index (χ0v) is 17.9. The Hall–Kier alpha value is -3.02. The summed E-state index contributed by atoms with van der Waals surface area (Å²) in [5, 5.41) is 3.32. The van der Waals surface area contributed by atoms with E-state index in [1.807, 2.05) is 61.6 Å². The van der Waals surface area contributed by atoms with E-state index in [0.29, 0.717) is 18.7 Å². The Morgan fingerprint density at radius 3 is 2.52 bits per heavy atom. The van der Waals surface area contributed by atoms with Gasteiger partial charge in [0.2, 0.25) is 0 Å². The number of benzene rings is 2. The number of ether oxygens (including phenoxy) is 1. The molecule has 0 bridgehead atoms. The number of para-hydroxylation sites is 1. The number of aliphatic imine (C=N–C) groups is 1. The lowest BCUT2D eigenvalue weighted by Gasteiger charge is -2.22. The van der Waals surface area contributed by atoms with Gasteiger partial charge in [-0.2, -0.15) is 0 Å². The molecule has 0 heterocycles. The van der Waals surface area contributed by atoms with E-state index in [0.717, 1.165) is 36.8 Å². The lowest BCUT2D eigenvalue weighted by Crippen LogP contribution is -2.41. The minimum Gasteiger partial charge on any atom is -0.492 e. The van der Waals surface area contributed by atoms with Crippen LogP contribution in [-0.2, 0) is 6.42 Å². The van der Waals surface area contributed by atoms with E-state index in [4.69, 9.17) is 9.73 Å². The van der Waals surface area contributed by atoms with Crippen LogP contribution >= 0.6 is 0 Å². The van der Waals surface area contributed by atoms with Crippen LogP contribution < -0.4 is 10.1 Å². The largest absolute Gasteiger partial charge is 0.492 e. The molecular weight excluding hydrogens is 364 g/mol. The molecule has 0 saturated carbocycles. The number of hydrogen-bond acceptors (Lipinski definition) is 3. The molecule has 6 heteroatoms. The Morgan fingerprint density at radius 2 is 1.83 bits per heavy atom. The third-order valence-electron chi connectivity index (χ3n) is 4.38. The Labute approximate surface area is 174 Å². The van der Waals surface area contributed by atoms with Gasteiger partial charge in [0.05, 0.1) is 6.54 Å². The maximum Gasteiger partial charge on any atom is 0.253 e. The summed E-state index contributed by atoms with van der Waals surface area (Å²) in [6.07, 6.45) is 0.776. The molecule has 29 heavy (non-hydrogen) atoms. The second kappa shape index (κ2) is 11.7. The van der Waals surface area contributed by atoms with E-state index in [-0.39, 0.29) is 5.91 Å². The summed E-state index contributed by atoms with van der Waals surface area (Å²) < 4.78 is 5.77. The first-order chi connectivity index (χ1) is 14.0. The van der Waals surface area contributed by atoms with Crippen molar-refractivity contribution < 1.29 is 9.53 Å². The van der Waals surface area contributed by atoms with E-state index in [2.05, 4.69) is 17.1 Å². The predicted octanol–water partition coefficient (Wildman–Crippen LogP) is 2.91. The van der Waals surface area contributed by atoms with Gasteiger partial charge >= 0.3 is 0 Å². The first kappa shape index (κ1) is 22.3. The van der Waals surface area contributed by atoms with E-state index < -0.39 is 0 Å². The molecule has 0 aliphatic heterocycles. The molecule has 156 valence electrons. The molecule has 2 rings (SSSR count). The van der Waals surface area contributed by atoms with Crippen LogP contribution in [-0.4, -0.2) is 69.1 Å². The summed E-state index contributed by atoms with van der Waals surface area (Å²) in [6, 6.07) is 17.6. The van der Waals surface area contributed by atoms with E-state index in [9.17, 15) is 4.79 Å². The van der Waals surface area contributed by atoms with Gasteiger partial charge in [-0.15, -0.1) is 0 Å². The normalized spacial score (nSPS) is 11.1. The second-order valence-electron chi connectivity index (χ2n) is 6.97. The predicted molar refractivity (Wildman–Crippen MR) is 119 cm³/mol. The van der Waals surface area contributed by atoms with Crippen LogP contribution in [0.5, 0.6) is 5.75 Å². The topological polar surface area (TPSA) is 57.2 Å². The van der Waals surface area contributed by atoms with Gasteiger partial charge in [0.1, 0.15) is 12.4 Å². The molecule has 0 atom stereocenters. The van der Waals surface area contributed by atoms with Gasteiger partial charge in [0.15, 0.2) is 5.96 Å². The maximum absolute atomic E-state index is 12.1. The average molecular weight is 397 g/mol. The fourth-order valence-corrected chi connectivity index (χ4v) is 2.80. The van der Waals surface area contributed by atoms with Crippen LogP contribution in [0.3, 0.4) is 0 Å². The number of hydrogen-bond donors (Lipinski definition) is 1. The molecule has 0 aromatic heterocycles. The van der Waals surface area contributed by atoms with Gasteiger partial charge in [-0.3, -0.25) is 9.79 Å². The number of amides is 1. The highest BCUT2D eigenvalue weighted by Crippen LogP contribution is 2.09. The van der Waals surface area contributed by atoms with Crippen molar-refractivity contribution in [1.29, 1.82) is 0 Å². The van der Waals surface area contributed by atoms with Gasteiger partial charge < -0.3 is 19.9 Å². The number of carbonyl (C=O) groups excluding carboxylic acids is 1. The van der Waals surface area contributed by atoms with Crippen molar-refractivity contribution in [2.75, 3.05) is 47.4 Å². The molecule has 6 nitrogen and oxygen atoms in total. The maximum atomic E-state index is 12.1. The molecule has 0 radical (unpaired) electrons. The van der Waals surface area contributed by atoms with Crippen molar-refractivity contribution in [3.05, 3.63) is 65.7 Å². The number of nitrogens with zero attached hydrogens (tertiary/aromatic N) is 3. The van der Waals surface area contributed by atoms with Gasteiger partial charge in [0.25, 0.3) is 5.91 Å². The highest BCUT2D eigenvalue weighted by atomic mass is 16.5. The zero-order valence-electron chi connectivity index (χ0n) is 17.9. The van der Waals surface area contributed by atoms with Gasteiger partial charge in [0, 0.05) is 39.8 Å². The molecule has 0 aliphatic carbocycles. The van der Waals surface area contributed by atoms with Gasteiger partial charge in [-0.05, 0) is 43.2 Å². The van der Waals surface area contributed by atoms with Gasteiger partial charge in [-0.25, -0.2) is 0 Å². The van der Waals surface area contributed by atoms with Crippen LogP contribution in [0.2, 0.25) is 0 Å². The SMILES string of the molecule is CCNC(=NCCc1cccc(C(=O)N(C)C)c1)N(C)CCOc1ccccc1. The molecular formula is C23H32N4O2. The molecule has 0 unspecified atom stereocenters. The molecule has 2 aromatic rings. The molecule has 0 aliphatic rings. The number of carbonyl (C=O) groups is 1. The second-order valence-corrected chi connectivity index (χ2v) is 6.97. The van der Waals surface area contributed by atoms with Crippen LogP contribution in [0.1, 0.15) is 22.8 Å². The molecule has 0 fully saturated rings. The Bertz CT molecular complexity index is 790. The highest BCUT2D eigenvalue weighted by molar-refractivity contribution is 5.94. The van der Waals surface area contributed by atoms with E-state index in [1.165, 1.54) is 0 Å². The van der Waals surface area contributed by atoms with Crippen molar-refractivity contribution in [1.82, 2.24) is 15.1 Å². The minimum atomic E-state index is 0.0156. The summed E-state index contributed by atoms with van der Waals surface area (Å²) in [4.78, 5) is 20.5. The Morgan fingerprint density at radius 1 is 1.07 bits per heavy atom. The van der Waals surface area contributed by atoms with Gasteiger partial charge in [-0.1, -0.05) is 30.3 Å². The summed E-state index contributed by atoms with van der Waals surface area (Å²) in [6.45, 7) is 4.81. The lowest BCUT2D eigenvalue weighted by molar-refractivity contribution is 0.0827. The first-order valence-electron chi connectivity index (χ1n) is 9.99. The number of guanidine groups is 1. The smallest absolute Gasteiger partial charge is 0.253 e. The first-order valence-corrected chi connectivity index (χ1v) is 9.99. The fraction of sp³-hybridized carbons (Fsp3) is 0.391. The van der Waals surface area contributed by atoms with Crippen molar-refractivity contribution in [2.45, 2.75) is 13.3 Å². The molecule has 0 saturated heterocycles. The molecule has 1 N–H and O–H groups in total. The van der Waals surface area contributed by atoms with Crippen molar-refractivity contribution in [3.8, 4) is 5.75 Å². The summed E-state index contributed by atoms with van der Waals surface area (Å²) in [7, 11) is 5.53. The minimum absolute atomic E-state index is 0.0156. The van der Waals surface area contributed by atoms with E-state index in [1.54, 1.807) is 19.0 Å². The molecule has 2 aromatic carbocycles. The summed E-state index contributed by atoms with van der Waals surface area (Å²) >= 11 is 0. The number of rotatable bonds is 9. The quantitative estimate of drug-likeness (QED) is 0.523. The third-order valence-corrected chi connectivity index (χ3v) is 4.38. The monoisotopic (exact) mass is 396 g/mol. The van der Waals surface area contributed by atoms with Crippen LogP contribution in [0.15, 0.2) is 59.6 Å². The Balaban J connectivity index is 1.89. The summed E-state index contributed by atoms with van der Waals surface area (Å²) in [5.41, 5.74) is 1.81. The van der Waals surface area contributed by atoms with Crippen LogP contribution in [0.25, 0.3) is 0 Å². The van der Waals surface area contributed by atoms with Crippen LogP contribution in [0, 0.1) is 0 Å². The zero-order chi connectivity index (χ0) is 21.1. The van der Waals surface area contributed by atoms with Crippen molar-refractivity contribution in [3.63, 3.8) is 0 Å². The molecule has 0 spiro atoms. The standard InChI is InChI=1S/C23H32N4O2/c1-5-24-23(27(4)16-17-29-21-12-7-6-8-13-21)25-15-14-19-10-9-11-20(18-19)22(28)26(2)3/h6-13,18H,5,14-17H2,1-4H3,(H,24,25). The number of likely N-dealkylation sites (N-methyl/N-ethyl adjacent to an activating group) is 1. The summed E-state index contributed by atoms with van der Waals surface area (Å²) in [5.74, 6) is 1.74. The average Bonchev–Trinajstić information content (AvgIpc) is 2.73.